The molecule has 0 saturated carbocycles. The zero-order chi connectivity index (χ0) is 20.1. The summed E-state index contributed by atoms with van der Waals surface area (Å²) in [6.45, 7) is 14.7. The first kappa shape index (κ1) is 22.1. The summed E-state index contributed by atoms with van der Waals surface area (Å²) in [5.74, 6) is 0. The number of hydrogen-bond donors (Lipinski definition) is 0. The van der Waals surface area contributed by atoms with Crippen LogP contribution >= 0.6 is 0 Å². The summed E-state index contributed by atoms with van der Waals surface area (Å²) >= 11 is 0. The Labute approximate surface area is 166 Å². The van der Waals surface area contributed by atoms with E-state index in [2.05, 4.69) is 90.9 Å². The summed E-state index contributed by atoms with van der Waals surface area (Å²) in [5, 5.41) is 2.48. The molecule has 0 amide bonds. The van der Waals surface area contributed by atoms with Gasteiger partial charge in [-0.2, -0.15) is 0 Å². The van der Waals surface area contributed by atoms with Crippen molar-refractivity contribution in [1.82, 2.24) is 0 Å². The SMILES string of the molecule is CCCC(C)(C)O[Si](Cc1cccc2ccccc12)(OC(C)C)OC(C)C. The number of benzene rings is 2. The van der Waals surface area contributed by atoms with Crippen molar-refractivity contribution in [2.24, 2.45) is 0 Å². The molecule has 4 heteroatoms. The van der Waals surface area contributed by atoms with Crippen LogP contribution in [0.5, 0.6) is 0 Å². The van der Waals surface area contributed by atoms with Crippen molar-refractivity contribution in [2.45, 2.75) is 85.2 Å². The standard InChI is InChI=1S/C23H36O3Si/c1-8-16-23(6,7)26-27(24-18(2)3,25-19(4)5)17-21-14-11-13-20-12-9-10-15-22(20)21/h9-15,18-19H,8,16-17H2,1-7H3. The van der Waals surface area contributed by atoms with Crippen LogP contribution in [0.25, 0.3) is 10.8 Å². The Morgan fingerprint density at radius 3 is 2.07 bits per heavy atom. The molecule has 150 valence electrons. The molecule has 0 heterocycles. The van der Waals surface area contributed by atoms with Crippen molar-refractivity contribution >= 4 is 19.6 Å². The smallest absolute Gasteiger partial charge is 0.371 e. The Hall–Kier alpha value is -1.20. The zero-order valence-corrected chi connectivity index (χ0v) is 19.0. The monoisotopic (exact) mass is 388 g/mol. The summed E-state index contributed by atoms with van der Waals surface area (Å²) < 4.78 is 19.7. The van der Waals surface area contributed by atoms with Gasteiger partial charge >= 0.3 is 8.80 Å². The van der Waals surface area contributed by atoms with Gasteiger partial charge < -0.3 is 13.3 Å². The lowest BCUT2D eigenvalue weighted by atomic mass is 10.0. The summed E-state index contributed by atoms with van der Waals surface area (Å²) in [4.78, 5) is 0. The third-order valence-electron chi connectivity index (χ3n) is 4.40. The zero-order valence-electron chi connectivity index (χ0n) is 18.0. The van der Waals surface area contributed by atoms with Gasteiger partial charge in [-0.3, -0.25) is 0 Å². The third kappa shape index (κ3) is 6.42. The average molecular weight is 389 g/mol. The van der Waals surface area contributed by atoms with E-state index in [1.165, 1.54) is 16.3 Å². The maximum atomic E-state index is 6.73. The van der Waals surface area contributed by atoms with Crippen molar-refractivity contribution in [1.29, 1.82) is 0 Å². The maximum Gasteiger partial charge on any atom is 0.506 e. The number of hydrogen-bond acceptors (Lipinski definition) is 3. The molecule has 27 heavy (non-hydrogen) atoms. The third-order valence-corrected chi connectivity index (χ3v) is 7.74. The van der Waals surface area contributed by atoms with Gasteiger partial charge in [-0.25, -0.2) is 0 Å². The minimum absolute atomic E-state index is 0.0443. The largest absolute Gasteiger partial charge is 0.506 e. The van der Waals surface area contributed by atoms with Crippen LogP contribution in [-0.4, -0.2) is 26.6 Å². The Morgan fingerprint density at radius 2 is 1.48 bits per heavy atom. The molecule has 0 saturated heterocycles. The molecule has 2 aromatic carbocycles. The number of fused-ring (bicyclic) bond motifs is 1. The summed E-state index contributed by atoms with van der Waals surface area (Å²) in [7, 11) is -2.95. The second-order valence-electron chi connectivity index (χ2n) is 8.44. The molecule has 0 spiro atoms. The van der Waals surface area contributed by atoms with Crippen LogP contribution < -0.4 is 0 Å². The average Bonchev–Trinajstić information content (AvgIpc) is 2.53. The molecule has 0 radical (unpaired) electrons. The first-order chi connectivity index (χ1) is 12.7. The van der Waals surface area contributed by atoms with Crippen LogP contribution in [-0.2, 0) is 19.3 Å². The van der Waals surface area contributed by atoms with Crippen LogP contribution in [0.1, 0.15) is 66.9 Å². The van der Waals surface area contributed by atoms with Gasteiger partial charge in [0.1, 0.15) is 0 Å². The van der Waals surface area contributed by atoms with Gasteiger partial charge in [0.05, 0.1) is 5.60 Å². The summed E-state index contributed by atoms with van der Waals surface area (Å²) in [6.07, 6.45) is 2.13. The fourth-order valence-corrected chi connectivity index (χ4v) is 7.21. The highest BCUT2D eigenvalue weighted by molar-refractivity contribution is 6.60. The lowest BCUT2D eigenvalue weighted by molar-refractivity contribution is -0.0411. The van der Waals surface area contributed by atoms with Gasteiger partial charge in [0.25, 0.3) is 0 Å². The highest BCUT2D eigenvalue weighted by Crippen LogP contribution is 2.31. The van der Waals surface area contributed by atoms with Crippen molar-refractivity contribution in [2.75, 3.05) is 0 Å². The van der Waals surface area contributed by atoms with Crippen LogP contribution in [0.2, 0.25) is 0 Å². The van der Waals surface area contributed by atoms with Gasteiger partial charge in [0.2, 0.25) is 0 Å². The minimum atomic E-state index is -2.95. The Morgan fingerprint density at radius 1 is 0.889 bits per heavy atom. The topological polar surface area (TPSA) is 27.7 Å². The molecule has 0 aliphatic rings. The van der Waals surface area contributed by atoms with E-state index in [4.69, 9.17) is 13.3 Å². The normalized spacial score (nSPS) is 13.1. The van der Waals surface area contributed by atoms with Crippen molar-refractivity contribution < 1.29 is 13.3 Å². The molecule has 0 aromatic heterocycles. The van der Waals surface area contributed by atoms with E-state index in [0.717, 1.165) is 12.8 Å². The highest BCUT2D eigenvalue weighted by atomic mass is 28.4. The molecule has 0 unspecified atom stereocenters. The summed E-state index contributed by atoms with van der Waals surface area (Å²) in [5.41, 5.74) is 0.948. The van der Waals surface area contributed by atoms with Crippen molar-refractivity contribution in [3.63, 3.8) is 0 Å². The van der Waals surface area contributed by atoms with Crippen molar-refractivity contribution in [3.8, 4) is 0 Å². The second kappa shape index (κ2) is 9.33. The molecule has 0 atom stereocenters. The van der Waals surface area contributed by atoms with E-state index in [0.29, 0.717) is 6.04 Å². The molecule has 0 aliphatic heterocycles. The van der Waals surface area contributed by atoms with Crippen LogP contribution in [0.4, 0.5) is 0 Å². The molecule has 0 N–H and O–H groups in total. The lowest BCUT2D eigenvalue weighted by Gasteiger charge is -2.39. The molecule has 3 nitrogen and oxygen atoms in total. The van der Waals surface area contributed by atoms with Gasteiger partial charge in [0, 0.05) is 18.3 Å². The number of rotatable bonds is 10. The predicted molar refractivity (Wildman–Crippen MR) is 116 cm³/mol. The highest BCUT2D eigenvalue weighted by Gasteiger charge is 2.47. The van der Waals surface area contributed by atoms with E-state index < -0.39 is 8.80 Å². The minimum Gasteiger partial charge on any atom is -0.371 e. The molecule has 0 bridgehead atoms. The molecular weight excluding hydrogens is 352 g/mol. The van der Waals surface area contributed by atoms with Gasteiger partial charge in [-0.15, -0.1) is 0 Å². The Balaban J connectivity index is 2.48. The summed E-state index contributed by atoms with van der Waals surface area (Å²) in [6, 6.07) is 15.6. The van der Waals surface area contributed by atoms with E-state index >= 15 is 0 Å². The van der Waals surface area contributed by atoms with Crippen LogP contribution in [0.3, 0.4) is 0 Å². The van der Waals surface area contributed by atoms with E-state index in [9.17, 15) is 0 Å². The molecule has 2 rings (SSSR count). The van der Waals surface area contributed by atoms with E-state index in [1.807, 2.05) is 0 Å². The molecular formula is C23H36O3Si. The molecule has 0 fully saturated rings. The maximum absolute atomic E-state index is 6.73. The fraction of sp³-hybridized carbons (Fsp3) is 0.565. The predicted octanol–water partition coefficient (Wildman–Crippen LogP) is 6.31. The molecule has 0 aliphatic carbocycles. The Bertz CT molecular complexity index is 709. The van der Waals surface area contributed by atoms with Gasteiger partial charge in [-0.1, -0.05) is 55.8 Å². The van der Waals surface area contributed by atoms with Gasteiger partial charge in [-0.05, 0) is 64.3 Å². The van der Waals surface area contributed by atoms with Crippen LogP contribution in [0.15, 0.2) is 42.5 Å². The first-order valence-corrected chi connectivity index (χ1v) is 12.1. The first-order valence-electron chi connectivity index (χ1n) is 10.2. The quantitative estimate of drug-likeness (QED) is 0.447. The lowest BCUT2D eigenvalue weighted by Crippen LogP contribution is -2.55. The Kier molecular flexibility index (Phi) is 7.63. The van der Waals surface area contributed by atoms with Gasteiger partial charge in [0.15, 0.2) is 0 Å². The molecule has 2 aromatic rings. The van der Waals surface area contributed by atoms with Crippen molar-refractivity contribution in [3.05, 3.63) is 48.0 Å². The van der Waals surface area contributed by atoms with E-state index in [-0.39, 0.29) is 17.8 Å². The van der Waals surface area contributed by atoms with E-state index in [1.54, 1.807) is 0 Å². The fourth-order valence-electron chi connectivity index (χ4n) is 3.67. The second-order valence-corrected chi connectivity index (χ2v) is 10.8. The van der Waals surface area contributed by atoms with Crippen LogP contribution in [0, 0.1) is 0 Å².